The third-order valence-electron chi connectivity index (χ3n) is 3.51. The van der Waals surface area contributed by atoms with Crippen LogP contribution in [0.25, 0.3) is 15.9 Å². The fourth-order valence-corrected chi connectivity index (χ4v) is 2.33. The number of rotatable bonds is 2. The van der Waals surface area contributed by atoms with Crippen LogP contribution >= 0.6 is 0 Å². The van der Waals surface area contributed by atoms with Gasteiger partial charge in [0, 0.05) is 18.2 Å². The summed E-state index contributed by atoms with van der Waals surface area (Å²) < 4.78 is 68.7. The summed E-state index contributed by atoms with van der Waals surface area (Å²) in [7, 11) is 1.30. The van der Waals surface area contributed by atoms with E-state index in [9.17, 15) is 4.79 Å². The molecule has 120 valence electrons. The molecule has 3 rings (SSSR count). The molecule has 2 aromatic rings. The third kappa shape index (κ3) is 2.84. The minimum Gasteiger partial charge on any atom is -0.346 e. The summed E-state index contributed by atoms with van der Waals surface area (Å²) in [6, 6.07) is -0.985. The molecule has 7 heteroatoms. The highest BCUT2D eigenvalue weighted by molar-refractivity contribution is 5.79. The molecule has 2 aromatic heterocycles. The van der Waals surface area contributed by atoms with Crippen molar-refractivity contribution in [2.24, 2.45) is 5.92 Å². The molecule has 0 spiro atoms. The molecule has 23 heavy (non-hydrogen) atoms. The SMILES string of the molecule is [2H]c1nc2[nH]ccc2c(=[N+](C)[C@@]2([2H])[C@H](C)C([2H])([2H])C([2H])([2H])N(C(=O)C[N+]#[C-])C2([2H])[2H])[nH]1. The van der Waals surface area contributed by atoms with E-state index in [1.165, 1.54) is 20.2 Å². The number of carbonyl (C=O) groups excluding carboxylic acids is 1. The van der Waals surface area contributed by atoms with Gasteiger partial charge in [-0.3, -0.25) is 9.37 Å². The first-order valence-electron chi connectivity index (χ1n) is 10.9. The summed E-state index contributed by atoms with van der Waals surface area (Å²) in [5.74, 6) is -2.87. The van der Waals surface area contributed by atoms with E-state index in [0.717, 1.165) is 4.58 Å². The van der Waals surface area contributed by atoms with Crippen LogP contribution in [0.5, 0.6) is 0 Å². The Bertz CT molecular complexity index is 1160. The van der Waals surface area contributed by atoms with Gasteiger partial charge in [0.15, 0.2) is 6.30 Å². The number of aromatic nitrogens is 3. The minimum atomic E-state index is -3.13. The molecule has 0 bridgehead atoms. The maximum atomic E-state index is 12.6. The first kappa shape index (κ1) is 8.29. The zero-order valence-corrected chi connectivity index (χ0v) is 12.6. The fraction of sp³-hybridized carbons (Fsp3) is 0.500. The summed E-state index contributed by atoms with van der Waals surface area (Å²) in [5, 5.41) is 0.390. The van der Waals surface area contributed by atoms with Crippen molar-refractivity contribution < 1.29 is 15.8 Å². The Morgan fingerprint density at radius 3 is 3.35 bits per heavy atom. The first-order valence-corrected chi connectivity index (χ1v) is 6.93. The van der Waals surface area contributed by atoms with Crippen molar-refractivity contribution in [3.05, 3.63) is 35.5 Å². The Morgan fingerprint density at radius 2 is 2.57 bits per heavy atom. The largest absolute Gasteiger partial charge is 0.346 e. The van der Waals surface area contributed by atoms with Crippen LogP contribution in [0.15, 0.2) is 18.6 Å². The molecule has 1 fully saturated rings. The van der Waals surface area contributed by atoms with Gasteiger partial charge in [0.1, 0.15) is 18.4 Å². The van der Waals surface area contributed by atoms with Gasteiger partial charge < -0.3 is 14.7 Å². The normalized spacial score (nSPS) is 37.6. The van der Waals surface area contributed by atoms with Crippen molar-refractivity contribution in [3.63, 3.8) is 0 Å². The van der Waals surface area contributed by atoms with Gasteiger partial charge in [-0.05, 0) is 18.4 Å². The van der Waals surface area contributed by atoms with E-state index in [0.29, 0.717) is 5.39 Å². The molecule has 7 nitrogen and oxygen atoms in total. The average Bonchev–Trinajstić information content (AvgIpc) is 3.12. The minimum absolute atomic E-state index is 0.0403. The van der Waals surface area contributed by atoms with Crippen LogP contribution in [0.3, 0.4) is 0 Å². The highest BCUT2D eigenvalue weighted by atomic mass is 16.2. The van der Waals surface area contributed by atoms with E-state index in [4.69, 9.17) is 17.5 Å². The van der Waals surface area contributed by atoms with Gasteiger partial charge in [-0.25, -0.2) is 11.6 Å². The number of piperidine rings is 1. The Labute approximate surface area is 145 Å². The molecule has 2 N–H and O–H groups in total. The number of hydrogen-bond acceptors (Lipinski definition) is 2. The van der Waals surface area contributed by atoms with Crippen molar-refractivity contribution in [2.75, 3.05) is 26.6 Å². The van der Waals surface area contributed by atoms with E-state index in [-0.39, 0.29) is 22.3 Å². The molecule has 0 aliphatic carbocycles. The van der Waals surface area contributed by atoms with Gasteiger partial charge in [-0.2, -0.15) is 4.98 Å². The molecular formula is C16H21N6O+. The number of fused-ring (bicyclic) bond motifs is 1. The summed E-state index contributed by atoms with van der Waals surface area (Å²) in [5.41, 5.74) is 0.343. The molecule has 1 saturated heterocycles. The van der Waals surface area contributed by atoms with Crippen LogP contribution < -0.4 is 10.1 Å². The number of hydrogen-bond donors (Lipinski definition) is 2. The zero-order chi connectivity index (χ0) is 23.6. The van der Waals surface area contributed by atoms with Crippen molar-refractivity contribution in [1.29, 1.82) is 0 Å². The van der Waals surface area contributed by atoms with Gasteiger partial charge in [0.05, 0.1) is 17.7 Å². The maximum absolute atomic E-state index is 12.6. The second kappa shape index (κ2) is 6.24. The van der Waals surface area contributed by atoms with Gasteiger partial charge in [-0.1, -0.05) is 6.92 Å². The van der Waals surface area contributed by atoms with Crippen molar-refractivity contribution >= 4 is 16.9 Å². The van der Waals surface area contributed by atoms with Crippen LogP contribution in [0, 0.1) is 12.5 Å². The standard InChI is InChI=1S/C16H20N6O/c1-11-5-7-22(14(23)8-17-2)9-13(11)21(3)16-12-4-6-18-15(12)19-10-20-16/h4,6,10-11,13H,5,7-9H2,1,3H3,(H,18,19,20)/p+1/t11-,13-/m1/s1/i5D2,7D2,9D2,10D,13D. The van der Waals surface area contributed by atoms with Gasteiger partial charge in [0.2, 0.25) is 0 Å². The lowest BCUT2D eigenvalue weighted by atomic mass is 9.93. The molecule has 0 saturated carbocycles. The van der Waals surface area contributed by atoms with Crippen LogP contribution in [0.2, 0.25) is 0 Å². The molecule has 1 aliphatic heterocycles. The Hall–Kier alpha value is -2.62. The lowest BCUT2D eigenvalue weighted by Crippen LogP contribution is -2.54. The van der Waals surface area contributed by atoms with Crippen LogP contribution in [0.1, 0.15) is 24.3 Å². The van der Waals surface area contributed by atoms with E-state index >= 15 is 0 Å². The molecule has 1 aliphatic rings. The van der Waals surface area contributed by atoms with E-state index in [1.54, 1.807) is 6.07 Å². The molecular weight excluding hydrogens is 292 g/mol. The van der Waals surface area contributed by atoms with Crippen molar-refractivity contribution in [1.82, 2.24) is 24.4 Å². The first-order chi connectivity index (χ1) is 14.2. The lowest BCUT2D eigenvalue weighted by molar-refractivity contribution is -0.131. The molecule has 0 aromatic carbocycles. The number of likely N-dealkylation sites (N-methyl/N-ethyl adjacent to an activating group) is 1. The predicted molar refractivity (Wildman–Crippen MR) is 87.3 cm³/mol. The Morgan fingerprint density at radius 1 is 1.74 bits per heavy atom. The third-order valence-corrected chi connectivity index (χ3v) is 3.51. The fourth-order valence-electron chi connectivity index (χ4n) is 2.33. The summed E-state index contributed by atoms with van der Waals surface area (Å²) in [4.78, 5) is 25.0. The summed E-state index contributed by atoms with van der Waals surface area (Å²) >= 11 is 0. The van der Waals surface area contributed by atoms with Gasteiger partial charge >= 0.3 is 5.91 Å². The molecule has 1 amide bonds. The quantitative estimate of drug-likeness (QED) is 0.623. The van der Waals surface area contributed by atoms with E-state index < -0.39 is 43.8 Å². The highest BCUT2D eigenvalue weighted by Crippen LogP contribution is 2.18. The molecule has 3 heterocycles. The number of likely N-dealkylation sites (tertiary alicyclic amines) is 1. The zero-order valence-electron chi connectivity index (χ0n) is 20.6. The number of nitrogens with zero attached hydrogens (tertiary/aromatic N) is 4. The van der Waals surface area contributed by atoms with Gasteiger partial charge in [-0.15, -0.1) is 0 Å². The topological polar surface area (TPSA) is 72.2 Å². The second-order valence-corrected chi connectivity index (χ2v) is 5.02. The van der Waals surface area contributed by atoms with Crippen molar-refractivity contribution in [2.45, 2.75) is 19.3 Å². The van der Waals surface area contributed by atoms with Crippen molar-refractivity contribution in [3.8, 4) is 0 Å². The number of nitrogens with one attached hydrogen (secondary N) is 2. The summed E-state index contributed by atoms with van der Waals surface area (Å²) in [6.45, 7) is 1.01. The molecule has 0 radical (unpaired) electrons. The van der Waals surface area contributed by atoms with Crippen LogP contribution in [-0.4, -0.2) is 58.4 Å². The monoisotopic (exact) mass is 321 g/mol. The maximum Gasteiger partial charge on any atom is 0.302 e. The van der Waals surface area contributed by atoms with E-state index in [2.05, 4.69) is 19.8 Å². The lowest BCUT2D eigenvalue weighted by Gasteiger charge is -2.35. The number of carbonyl (C=O) groups is 1. The Kier molecular flexibility index (Phi) is 2.25. The number of H-pyrrole nitrogens is 2. The summed E-state index contributed by atoms with van der Waals surface area (Å²) in [6.07, 6.45) is -1.63. The van der Waals surface area contributed by atoms with Gasteiger partial charge in [0.25, 0.3) is 12.0 Å². The molecule has 2 atom stereocenters. The highest BCUT2D eigenvalue weighted by Gasteiger charge is 2.33. The Balaban J connectivity index is 2.43. The van der Waals surface area contributed by atoms with E-state index in [1.807, 2.05) is 0 Å². The number of amides is 1. The predicted octanol–water partition coefficient (Wildman–Crippen LogP) is 0.449. The van der Waals surface area contributed by atoms with Crippen LogP contribution in [0.4, 0.5) is 0 Å². The molecule has 0 unspecified atom stereocenters. The number of aromatic amines is 2. The second-order valence-electron chi connectivity index (χ2n) is 5.02. The van der Waals surface area contributed by atoms with Crippen LogP contribution in [-0.2, 0) is 4.79 Å². The smallest absolute Gasteiger partial charge is 0.302 e. The average molecular weight is 321 g/mol.